The number of carbonyl (C=O) groups is 3. The second-order valence-corrected chi connectivity index (χ2v) is 15.4. The van der Waals surface area contributed by atoms with Gasteiger partial charge in [-0.25, -0.2) is 9.78 Å². The van der Waals surface area contributed by atoms with Crippen LogP contribution in [-0.2, 0) is 22.4 Å². The zero-order valence-electron chi connectivity index (χ0n) is 30.1. The minimum Gasteiger partial charge on any atom is -0.494 e. The molecule has 11 heteroatoms. The van der Waals surface area contributed by atoms with E-state index in [1.807, 2.05) is 100 Å². The molecule has 51 heavy (non-hydrogen) atoms. The number of hydrogen-bond donors (Lipinski definition) is 2. The highest BCUT2D eigenvalue weighted by molar-refractivity contribution is 7.16. The van der Waals surface area contributed by atoms with Crippen molar-refractivity contribution >= 4 is 40.1 Å². The first-order chi connectivity index (χ1) is 24.4. The van der Waals surface area contributed by atoms with Crippen molar-refractivity contribution in [3.8, 4) is 17.0 Å². The van der Waals surface area contributed by atoms with E-state index < -0.39 is 5.60 Å². The summed E-state index contributed by atoms with van der Waals surface area (Å²) in [5.41, 5.74) is 5.89. The second kappa shape index (κ2) is 15.7. The largest absolute Gasteiger partial charge is 0.494 e. The number of hydrogen-bond acceptors (Lipinski definition) is 8. The lowest BCUT2D eigenvalue weighted by Gasteiger charge is -2.35. The van der Waals surface area contributed by atoms with Crippen LogP contribution >= 0.6 is 11.3 Å². The third-order valence-electron chi connectivity index (χ3n) is 9.05. The second-order valence-electron chi connectivity index (χ2n) is 14.2. The van der Waals surface area contributed by atoms with Gasteiger partial charge in [-0.3, -0.25) is 9.59 Å². The van der Waals surface area contributed by atoms with E-state index in [0.717, 1.165) is 75.6 Å². The zero-order chi connectivity index (χ0) is 36.1. The van der Waals surface area contributed by atoms with Crippen molar-refractivity contribution in [3.63, 3.8) is 0 Å². The molecule has 0 spiro atoms. The van der Waals surface area contributed by atoms with Crippen molar-refractivity contribution in [1.29, 1.82) is 0 Å². The molecule has 2 aliphatic rings. The summed E-state index contributed by atoms with van der Waals surface area (Å²) >= 11 is 1.45. The van der Waals surface area contributed by atoms with Crippen molar-refractivity contribution < 1.29 is 23.9 Å². The Morgan fingerprint density at radius 1 is 1.02 bits per heavy atom. The SMILES string of the molecule is Cc1ccccc1C(=O)N1CCc2cc(-c3nc(NC(=O)Cc4cccc(OCCCC5CN(C(=O)OC(C)(C)C)CCN5)c4)sc3C)ccc21. The van der Waals surface area contributed by atoms with E-state index in [0.29, 0.717) is 31.4 Å². The molecule has 2 aliphatic heterocycles. The molecule has 10 nitrogen and oxygen atoms in total. The van der Waals surface area contributed by atoms with Crippen LogP contribution in [0.1, 0.15) is 65.5 Å². The lowest BCUT2D eigenvalue weighted by Crippen LogP contribution is -2.53. The monoisotopic (exact) mass is 709 g/mol. The van der Waals surface area contributed by atoms with Gasteiger partial charge in [0.1, 0.15) is 11.4 Å². The summed E-state index contributed by atoms with van der Waals surface area (Å²) in [6.07, 6.45) is 2.40. The Kier molecular flexibility index (Phi) is 11.1. The maximum atomic E-state index is 13.3. The van der Waals surface area contributed by atoms with Crippen molar-refractivity contribution in [2.75, 3.05) is 43.0 Å². The topological polar surface area (TPSA) is 113 Å². The normalized spacial score (nSPS) is 15.7. The van der Waals surface area contributed by atoms with Crippen molar-refractivity contribution in [2.24, 2.45) is 0 Å². The molecular formula is C40H47N5O5S. The van der Waals surface area contributed by atoms with E-state index in [2.05, 4.69) is 16.7 Å². The van der Waals surface area contributed by atoms with Gasteiger partial charge in [0.25, 0.3) is 5.91 Å². The number of ether oxygens (including phenoxy) is 2. The molecule has 3 amide bonds. The third kappa shape index (κ3) is 9.14. The molecule has 6 rings (SSSR count). The van der Waals surface area contributed by atoms with Crippen LogP contribution in [0, 0.1) is 13.8 Å². The molecule has 1 saturated heterocycles. The van der Waals surface area contributed by atoms with Gasteiger partial charge in [-0.05, 0) is 101 Å². The summed E-state index contributed by atoms with van der Waals surface area (Å²) in [6, 6.07) is 21.6. The molecule has 0 bridgehead atoms. The van der Waals surface area contributed by atoms with Gasteiger partial charge in [-0.2, -0.15) is 0 Å². The molecule has 3 aromatic carbocycles. The van der Waals surface area contributed by atoms with E-state index in [9.17, 15) is 14.4 Å². The van der Waals surface area contributed by atoms with Gasteiger partial charge in [-0.15, -0.1) is 11.3 Å². The van der Waals surface area contributed by atoms with Gasteiger partial charge in [0.05, 0.1) is 18.7 Å². The van der Waals surface area contributed by atoms with E-state index in [1.165, 1.54) is 11.3 Å². The smallest absolute Gasteiger partial charge is 0.410 e. The van der Waals surface area contributed by atoms with E-state index in [1.54, 1.807) is 4.90 Å². The van der Waals surface area contributed by atoms with Crippen molar-refractivity contribution in [3.05, 3.63) is 93.9 Å². The predicted octanol–water partition coefficient (Wildman–Crippen LogP) is 7.18. The molecule has 1 atom stereocenters. The molecule has 0 radical (unpaired) electrons. The van der Waals surface area contributed by atoms with E-state index in [4.69, 9.17) is 14.5 Å². The van der Waals surface area contributed by atoms with Gasteiger partial charge < -0.3 is 29.9 Å². The number of amides is 3. The standard InChI is InChI=1S/C40H47N5O5S/c1-26-10-6-7-14-33(26)37(47)45-19-17-29-24-30(15-16-34(29)45)36-27(2)51-38(43-36)42-35(46)23-28-11-8-13-32(22-28)49-21-9-12-31-25-44(20-18-41-31)39(48)50-40(3,4)5/h6-8,10-11,13-16,22,24,31,41H,9,12,17-21,23,25H2,1-5H3,(H,42,43,46). The lowest BCUT2D eigenvalue weighted by molar-refractivity contribution is -0.115. The Labute approximate surface area is 304 Å². The van der Waals surface area contributed by atoms with E-state index >= 15 is 0 Å². The molecule has 268 valence electrons. The summed E-state index contributed by atoms with van der Waals surface area (Å²) in [6.45, 7) is 12.8. The number of nitrogens with zero attached hydrogens (tertiary/aromatic N) is 3. The summed E-state index contributed by atoms with van der Waals surface area (Å²) in [5.74, 6) is 0.591. The van der Waals surface area contributed by atoms with Crippen molar-refractivity contribution in [1.82, 2.24) is 15.2 Å². The van der Waals surface area contributed by atoms with Crippen LogP contribution in [0.4, 0.5) is 15.6 Å². The van der Waals surface area contributed by atoms with Crippen LogP contribution in [0.3, 0.4) is 0 Å². The molecule has 0 aliphatic carbocycles. The number of aromatic nitrogens is 1. The summed E-state index contributed by atoms with van der Waals surface area (Å²) in [7, 11) is 0. The minimum absolute atomic E-state index is 0.0216. The predicted molar refractivity (Wildman–Crippen MR) is 202 cm³/mol. The zero-order valence-corrected chi connectivity index (χ0v) is 30.9. The van der Waals surface area contributed by atoms with Gasteiger partial charge in [-0.1, -0.05) is 36.4 Å². The molecule has 1 aromatic heterocycles. The fourth-order valence-corrected chi connectivity index (χ4v) is 7.41. The third-order valence-corrected chi connectivity index (χ3v) is 9.93. The highest BCUT2D eigenvalue weighted by Gasteiger charge is 2.28. The number of carbonyl (C=O) groups excluding carboxylic acids is 3. The van der Waals surface area contributed by atoms with Crippen LogP contribution in [-0.4, -0.2) is 72.2 Å². The Morgan fingerprint density at radius 3 is 2.65 bits per heavy atom. The number of aryl methyl sites for hydroxylation is 2. The first-order valence-corrected chi connectivity index (χ1v) is 18.5. The Hall–Kier alpha value is -4.74. The van der Waals surface area contributed by atoms with Crippen molar-refractivity contribution in [2.45, 2.75) is 71.9 Å². The fraction of sp³-hybridized carbons (Fsp3) is 0.400. The molecule has 4 aromatic rings. The average Bonchev–Trinajstić information content (AvgIpc) is 3.68. The Balaban J connectivity index is 0.988. The first-order valence-electron chi connectivity index (χ1n) is 17.6. The van der Waals surface area contributed by atoms with Gasteiger partial charge in [0.2, 0.25) is 5.91 Å². The van der Waals surface area contributed by atoms with Gasteiger partial charge in [0.15, 0.2) is 5.13 Å². The maximum Gasteiger partial charge on any atom is 0.410 e. The molecule has 1 unspecified atom stereocenters. The Bertz CT molecular complexity index is 1900. The van der Waals surface area contributed by atoms with Crippen LogP contribution in [0.5, 0.6) is 5.75 Å². The molecule has 2 N–H and O–H groups in total. The maximum absolute atomic E-state index is 13.3. The highest BCUT2D eigenvalue weighted by atomic mass is 32.1. The first kappa shape index (κ1) is 36.1. The number of fused-ring (bicyclic) bond motifs is 1. The molecule has 1 fully saturated rings. The lowest BCUT2D eigenvalue weighted by atomic mass is 10.0. The quantitative estimate of drug-likeness (QED) is 0.168. The summed E-state index contributed by atoms with van der Waals surface area (Å²) < 4.78 is 11.6. The Morgan fingerprint density at radius 2 is 1.84 bits per heavy atom. The molecule has 0 saturated carbocycles. The number of thiazole rings is 1. The average molecular weight is 710 g/mol. The van der Waals surface area contributed by atoms with Gasteiger partial charge in [0, 0.05) is 53.9 Å². The number of benzene rings is 3. The molecule has 3 heterocycles. The van der Waals surface area contributed by atoms with Crippen LogP contribution < -0.4 is 20.3 Å². The number of rotatable bonds is 10. The minimum atomic E-state index is -0.510. The fourth-order valence-electron chi connectivity index (χ4n) is 6.56. The number of piperazine rings is 1. The highest BCUT2D eigenvalue weighted by Crippen LogP contribution is 2.36. The van der Waals surface area contributed by atoms with Crippen LogP contribution in [0.25, 0.3) is 11.3 Å². The molecular weight excluding hydrogens is 663 g/mol. The van der Waals surface area contributed by atoms with E-state index in [-0.39, 0.29) is 30.4 Å². The van der Waals surface area contributed by atoms with Crippen LogP contribution in [0.2, 0.25) is 0 Å². The van der Waals surface area contributed by atoms with Gasteiger partial charge >= 0.3 is 6.09 Å². The van der Waals surface area contributed by atoms with Crippen LogP contribution in [0.15, 0.2) is 66.7 Å². The number of nitrogens with one attached hydrogen (secondary N) is 2. The summed E-state index contributed by atoms with van der Waals surface area (Å²) in [4.78, 5) is 48.3. The number of anilines is 2. The summed E-state index contributed by atoms with van der Waals surface area (Å²) in [5, 5.41) is 7.02.